The fraction of sp³-hybridized carbons (Fsp3) is 0.571. The van der Waals surface area contributed by atoms with Gasteiger partial charge in [0.1, 0.15) is 5.75 Å². The number of hydrogen-bond donors (Lipinski definition) is 0. The smallest absolute Gasteiger partial charge is 0.311 e. The maximum atomic E-state index is 12.2. The van der Waals surface area contributed by atoms with Crippen LogP contribution in [0.25, 0.3) is 0 Å². The van der Waals surface area contributed by atoms with Gasteiger partial charge in [0.2, 0.25) is 6.29 Å². The van der Waals surface area contributed by atoms with Crippen molar-refractivity contribution in [1.29, 1.82) is 0 Å². The Morgan fingerprint density at radius 1 is 0.920 bits per heavy atom. The van der Waals surface area contributed by atoms with Gasteiger partial charge in [-0.3, -0.25) is 14.4 Å². The van der Waals surface area contributed by atoms with Crippen LogP contribution in [0.15, 0.2) is 18.2 Å². The molecule has 25 heavy (non-hydrogen) atoms. The van der Waals surface area contributed by atoms with Crippen molar-refractivity contribution in [3.8, 4) is 5.75 Å². The van der Waals surface area contributed by atoms with Crippen molar-refractivity contribution in [2.24, 2.45) is 0 Å². The highest BCUT2D eigenvalue weighted by molar-refractivity contribution is 5.98. The summed E-state index contributed by atoms with van der Waals surface area (Å²) in [6.07, 6.45) is 10.7. The third kappa shape index (κ3) is 8.10. The normalized spacial score (nSPS) is 10.5. The summed E-state index contributed by atoms with van der Waals surface area (Å²) in [4.78, 5) is 35.1. The predicted molar refractivity (Wildman–Crippen MR) is 98.7 cm³/mol. The monoisotopic (exact) mass is 345 g/mol. The van der Waals surface area contributed by atoms with E-state index in [1.54, 1.807) is 12.4 Å². The van der Waals surface area contributed by atoms with Gasteiger partial charge in [0.15, 0.2) is 5.78 Å². The Bertz CT molecular complexity index is 563. The van der Waals surface area contributed by atoms with E-state index in [4.69, 9.17) is 4.74 Å². The first kappa shape index (κ1) is 21.1. The van der Waals surface area contributed by atoms with Gasteiger partial charge in [-0.05, 0) is 31.0 Å². The van der Waals surface area contributed by atoms with Gasteiger partial charge < -0.3 is 4.74 Å². The van der Waals surface area contributed by atoms with Crippen LogP contribution in [-0.2, 0) is 9.59 Å². The Balaban J connectivity index is 2.60. The quantitative estimate of drug-likeness (QED) is 0.214. The highest BCUT2D eigenvalue weighted by Crippen LogP contribution is 2.21. The second-order valence-electron chi connectivity index (χ2n) is 6.33. The molecule has 1 aromatic rings. The summed E-state index contributed by atoms with van der Waals surface area (Å²) >= 11 is 0. The molecule has 0 amide bonds. The molecule has 1 rings (SSSR count). The van der Waals surface area contributed by atoms with Crippen LogP contribution in [0.1, 0.15) is 94.0 Å². The number of ether oxygens (including phenoxy) is 1. The molecule has 0 aromatic heterocycles. The highest BCUT2D eigenvalue weighted by Gasteiger charge is 2.13. The lowest BCUT2D eigenvalue weighted by atomic mass is 10.0. The number of hydrogen-bond acceptors (Lipinski definition) is 4. The zero-order valence-electron chi connectivity index (χ0n) is 15.4. The first-order valence-corrected chi connectivity index (χ1v) is 9.38. The van der Waals surface area contributed by atoms with Gasteiger partial charge in [-0.1, -0.05) is 52.4 Å². The van der Waals surface area contributed by atoms with Crippen LogP contribution < -0.4 is 4.74 Å². The maximum absolute atomic E-state index is 12.2. The van der Waals surface area contributed by atoms with Crippen molar-refractivity contribution >= 4 is 18.0 Å². The Hall–Kier alpha value is -1.97. The molecule has 137 valence electrons. The van der Waals surface area contributed by atoms with E-state index in [2.05, 4.69) is 13.8 Å². The van der Waals surface area contributed by atoms with Gasteiger partial charge in [-0.25, -0.2) is 0 Å². The number of esters is 1. The number of ketones is 1. The molecule has 0 aliphatic carbocycles. The molecular formula is C21H29O4. The molecular weight excluding hydrogens is 316 g/mol. The van der Waals surface area contributed by atoms with E-state index in [-0.39, 0.29) is 23.1 Å². The number of carbonyl (C=O) groups excluding carboxylic acids is 3. The predicted octanol–water partition coefficient (Wildman–Crippen LogP) is 5.17. The average Bonchev–Trinajstić information content (AvgIpc) is 2.62. The summed E-state index contributed by atoms with van der Waals surface area (Å²) in [7, 11) is 0. The molecule has 4 heteroatoms. The molecule has 4 nitrogen and oxygen atoms in total. The molecule has 0 aliphatic rings. The molecule has 0 fully saturated rings. The van der Waals surface area contributed by atoms with E-state index in [0.717, 1.165) is 38.5 Å². The van der Waals surface area contributed by atoms with Crippen LogP contribution >= 0.6 is 0 Å². The standard InChI is InChI=1S/C21H29O4/c1-3-5-7-8-10-11-19(23)17-13-14-20(18(15-17)16-22)25-21(24)12-9-6-4-2/h13-15H,3-12H2,1-2H3. The van der Waals surface area contributed by atoms with E-state index < -0.39 is 0 Å². The van der Waals surface area contributed by atoms with Crippen LogP contribution in [0.2, 0.25) is 0 Å². The van der Waals surface area contributed by atoms with Crippen molar-refractivity contribution in [1.82, 2.24) is 0 Å². The van der Waals surface area contributed by atoms with Crippen LogP contribution in [0.4, 0.5) is 0 Å². The molecule has 1 radical (unpaired) electrons. The molecule has 0 aliphatic heterocycles. The minimum Gasteiger partial charge on any atom is -0.426 e. The van der Waals surface area contributed by atoms with Crippen molar-refractivity contribution in [2.75, 3.05) is 0 Å². The minimum atomic E-state index is -0.361. The number of benzene rings is 1. The fourth-order valence-corrected chi connectivity index (χ4v) is 2.60. The van der Waals surface area contributed by atoms with Gasteiger partial charge in [-0.2, -0.15) is 0 Å². The zero-order chi connectivity index (χ0) is 18.5. The van der Waals surface area contributed by atoms with Gasteiger partial charge in [0.05, 0.1) is 5.56 Å². The number of carbonyl (C=O) groups is 2. The van der Waals surface area contributed by atoms with Crippen LogP contribution in [0.5, 0.6) is 5.75 Å². The topological polar surface area (TPSA) is 60.4 Å². The third-order valence-electron chi connectivity index (χ3n) is 4.13. The lowest BCUT2D eigenvalue weighted by Gasteiger charge is -2.08. The lowest BCUT2D eigenvalue weighted by molar-refractivity contribution is -0.134. The van der Waals surface area contributed by atoms with E-state index in [0.29, 0.717) is 18.4 Å². The number of unbranched alkanes of at least 4 members (excludes halogenated alkanes) is 6. The molecule has 0 heterocycles. The summed E-state index contributed by atoms with van der Waals surface area (Å²) < 4.78 is 5.23. The van der Waals surface area contributed by atoms with Crippen molar-refractivity contribution in [2.45, 2.75) is 78.1 Å². The zero-order valence-corrected chi connectivity index (χ0v) is 15.4. The molecule has 0 bridgehead atoms. The van der Waals surface area contributed by atoms with Crippen molar-refractivity contribution in [3.05, 3.63) is 29.3 Å². The Kier molecular flexibility index (Phi) is 10.5. The van der Waals surface area contributed by atoms with Crippen molar-refractivity contribution < 1.29 is 19.1 Å². The average molecular weight is 345 g/mol. The largest absolute Gasteiger partial charge is 0.426 e. The Labute approximate surface area is 151 Å². The first-order chi connectivity index (χ1) is 12.1. The molecule has 0 unspecified atom stereocenters. The summed E-state index contributed by atoms with van der Waals surface area (Å²) in [6.45, 7) is 4.21. The third-order valence-corrected chi connectivity index (χ3v) is 4.13. The number of rotatable bonds is 13. The molecule has 1 aromatic carbocycles. The molecule has 0 saturated heterocycles. The Morgan fingerprint density at radius 3 is 2.24 bits per heavy atom. The van der Waals surface area contributed by atoms with Crippen LogP contribution in [-0.4, -0.2) is 18.0 Å². The fourth-order valence-electron chi connectivity index (χ4n) is 2.60. The summed E-state index contributed by atoms with van der Waals surface area (Å²) in [5.41, 5.74) is 0.597. The number of Topliss-reactive ketones (excluding diaryl/α,β-unsaturated/α-hetero) is 1. The second kappa shape index (κ2) is 12.4. The minimum absolute atomic E-state index is 0.00817. The summed E-state index contributed by atoms with van der Waals surface area (Å²) in [5, 5.41) is 0. The van der Waals surface area contributed by atoms with Gasteiger partial charge in [-0.15, -0.1) is 0 Å². The van der Waals surface area contributed by atoms with Gasteiger partial charge >= 0.3 is 5.97 Å². The van der Waals surface area contributed by atoms with E-state index >= 15 is 0 Å². The molecule has 0 N–H and O–H groups in total. The van der Waals surface area contributed by atoms with Gasteiger partial charge in [0, 0.05) is 18.4 Å². The van der Waals surface area contributed by atoms with Crippen molar-refractivity contribution in [3.63, 3.8) is 0 Å². The summed E-state index contributed by atoms with van der Waals surface area (Å²) in [6, 6.07) is 4.60. The van der Waals surface area contributed by atoms with E-state index in [1.165, 1.54) is 25.0 Å². The Morgan fingerprint density at radius 2 is 1.56 bits per heavy atom. The van der Waals surface area contributed by atoms with E-state index in [1.807, 2.05) is 0 Å². The summed E-state index contributed by atoms with van der Waals surface area (Å²) in [5.74, 6) is -0.176. The van der Waals surface area contributed by atoms with E-state index in [9.17, 15) is 14.4 Å². The van der Waals surface area contributed by atoms with Crippen LogP contribution in [0.3, 0.4) is 0 Å². The SMILES string of the molecule is CCCCCCCC(=O)c1ccc(OC(=O)CCCCC)c([C]=O)c1. The highest BCUT2D eigenvalue weighted by atomic mass is 16.5. The van der Waals surface area contributed by atoms with Gasteiger partial charge in [0.25, 0.3) is 0 Å². The molecule has 0 saturated carbocycles. The molecule has 0 atom stereocenters. The lowest BCUT2D eigenvalue weighted by Crippen LogP contribution is -2.10. The second-order valence-corrected chi connectivity index (χ2v) is 6.33. The molecule has 0 spiro atoms. The first-order valence-electron chi connectivity index (χ1n) is 9.38. The maximum Gasteiger partial charge on any atom is 0.311 e. The van der Waals surface area contributed by atoms with Crippen LogP contribution in [0, 0.1) is 0 Å².